The standard InChI is InChI=1S/C11H22N2.C2H4O2/c12-11-6-7-13(9-11)8-10-4-2-1-3-5-10;1-4-2-3/h10-11H,1-9,12H2;2H,1H3. The first kappa shape index (κ1) is 14.5. The van der Waals surface area contributed by atoms with Gasteiger partial charge in [0.2, 0.25) is 0 Å². The molecule has 4 heteroatoms. The zero-order valence-electron chi connectivity index (χ0n) is 10.9. The van der Waals surface area contributed by atoms with E-state index >= 15 is 0 Å². The smallest absolute Gasteiger partial charge is 0.292 e. The van der Waals surface area contributed by atoms with Crippen LogP contribution in [0.2, 0.25) is 0 Å². The lowest BCUT2D eigenvalue weighted by Crippen LogP contribution is -2.31. The maximum Gasteiger partial charge on any atom is 0.292 e. The predicted molar refractivity (Wildman–Crippen MR) is 68.7 cm³/mol. The molecule has 0 amide bonds. The Morgan fingerprint density at radius 2 is 1.94 bits per heavy atom. The molecular weight excluding hydrogens is 216 g/mol. The lowest BCUT2D eigenvalue weighted by Gasteiger charge is -2.26. The minimum atomic E-state index is 0.375. The van der Waals surface area contributed by atoms with Crippen LogP contribution >= 0.6 is 0 Å². The molecule has 4 nitrogen and oxygen atoms in total. The molecule has 1 aliphatic heterocycles. The monoisotopic (exact) mass is 242 g/mol. The van der Waals surface area contributed by atoms with Gasteiger partial charge < -0.3 is 15.4 Å². The minimum absolute atomic E-state index is 0.375. The molecule has 2 aliphatic rings. The third-order valence-electron chi connectivity index (χ3n) is 3.65. The number of carbonyl (C=O) groups is 1. The molecule has 1 saturated carbocycles. The maximum atomic E-state index is 8.95. The molecule has 0 aromatic rings. The molecule has 1 saturated heterocycles. The second-order valence-corrected chi connectivity index (χ2v) is 5.14. The Labute approximate surface area is 104 Å². The number of ether oxygens (including phenoxy) is 1. The summed E-state index contributed by atoms with van der Waals surface area (Å²) in [6.45, 7) is 4.10. The normalized spacial score (nSPS) is 26.1. The van der Waals surface area contributed by atoms with Crippen molar-refractivity contribution in [3.05, 3.63) is 0 Å². The fourth-order valence-corrected chi connectivity index (χ4v) is 2.76. The molecule has 0 aromatic carbocycles. The Hall–Kier alpha value is -0.610. The number of nitrogens with two attached hydrogens (primary N) is 1. The van der Waals surface area contributed by atoms with Gasteiger partial charge in [-0.05, 0) is 31.7 Å². The summed E-state index contributed by atoms with van der Waals surface area (Å²) in [5.74, 6) is 0.985. The van der Waals surface area contributed by atoms with Gasteiger partial charge in [-0.25, -0.2) is 0 Å². The van der Waals surface area contributed by atoms with E-state index in [1.165, 1.54) is 58.7 Å². The summed E-state index contributed by atoms with van der Waals surface area (Å²) in [4.78, 5) is 11.5. The highest BCUT2D eigenvalue weighted by Gasteiger charge is 2.22. The van der Waals surface area contributed by atoms with E-state index in [2.05, 4.69) is 9.64 Å². The molecule has 1 aliphatic carbocycles. The molecule has 2 rings (SSSR count). The number of hydrogen-bond donors (Lipinski definition) is 1. The number of methoxy groups -OCH3 is 1. The van der Waals surface area contributed by atoms with Gasteiger partial charge in [0.05, 0.1) is 7.11 Å². The largest absolute Gasteiger partial charge is 0.471 e. The Bertz CT molecular complexity index is 203. The third-order valence-corrected chi connectivity index (χ3v) is 3.65. The number of rotatable bonds is 3. The molecule has 2 fully saturated rings. The van der Waals surface area contributed by atoms with Gasteiger partial charge in [0.25, 0.3) is 6.47 Å². The van der Waals surface area contributed by atoms with Crippen molar-refractivity contribution < 1.29 is 9.53 Å². The van der Waals surface area contributed by atoms with E-state index in [0.29, 0.717) is 12.5 Å². The van der Waals surface area contributed by atoms with Crippen molar-refractivity contribution in [2.45, 2.75) is 44.6 Å². The van der Waals surface area contributed by atoms with Crippen LogP contribution in [0.5, 0.6) is 0 Å². The third kappa shape index (κ3) is 6.03. The van der Waals surface area contributed by atoms with Gasteiger partial charge in [0.15, 0.2) is 0 Å². The van der Waals surface area contributed by atoms with Crippen LogP contribution < -0.4 is 5.73 Å². The summed E-state index contributed by atoms with van der Waals surface area (Å²) in [7, 11) is 1.31. The van der Waals surface area contributed by atoms with Gasteiger partial charge in [-0.2, -0.15) is 0 Å². The molecule has 0 bridgehead atoms. The quantitative estimate of drug-likeness (QED) is 0.760. The topological polar surface area (TPSA) is 55.6 Å². The van der Waals surface area contributed by atoms with Gasteiger partial charge in [-0.15, -0.1) is 0 Å². The average Bonchev–Trinajstić information content (AvgIpc) is 2.76. The first-order valence-corrected chi connectivity index (χ1v) is 6.70. The molecular formula is C13H26N2O2. The van der Waals surface area contributed by atoms with Crippen LogP contribution in [0.4, 0.5) is 0 Å². The summed E-state index contributed by atoms with van der Waals surface area (Å²) in [5, 5.41) is 0. The van der Waals surface area contributed by atoms with E-state index < -0.39 is 0 Å². The van der Waals surface area contributed by atoms with Gasteiger partial charge in [0, 0.05) is 19.1 Å². The van der Waals surface area contributed by atoms with E-state index in [1.807, 2.05) is 0 Å². The molecule has 0 spiro atoms. The Kier molecular flexibility index (Phi) is 7.21. The summed E-state index contributed by atoms with van der Waals surface area (Å²) in [6.07, 6.45) is 8.54. The number of carbonyl (C=O) groups excluding carboxylic acids is 1. The van der Waals surface area contributed by atoms with Gasteiger partial charge >= 0.3 is 0 Å². The average molecular weight is 242 g/mol. The predicted octanol–water partition coefficient (Wildman–Crippen LogP) is 1.39. The van der Waals surface area contributed by atoms with Crippen LogP contribution in [-0.2, 0) is 9.53 Å². The van der Waals surface area contributed by atoms with Crippen molar-refractivity contribution in [2.24, 2.45) is 11.7 Å². The van der Waals surface area contributed by atoms with Crippen LogP contribution in [0.3, 0.4) is 0 Å². The van der Waals surface area contributed by atoms with Crippen LogP contribution in [0.1, 0.15) is 38.5 Å². The SMILES string of the molecule is COC=O.NC1CCN(CC2CCCCC2)C1. The zero-order chi connectivity index (χ0) is 12.5. The van der Waals surface area contributed by atoms with Crippen molar-refractivity contribution in [3.8, 4) is 0 Å². The second kappa shape index (κ2) is 8.48. The van der Waals surface area contributed by atoms with E-state index in [1.54, 1.807) is 0 Å². The molecule has 1 atom stereocenters. The van der Waals surface area contributed by atoms with Crippen molar-refractivity contribution in [3.63, 3.8) is 0 Å². The summed E-state index contributed by atoms with van der Waals surface area (Å²) in [6, 6.07) is 0.462. The van der Waals surface area contributed by atoms with E-state index in [-0.39, 0.29) is 0 Å². The Morgan fingerprint density at radius 1 is 1.29 bits per heavy atom. The van der Waals surface area contributed by atoms with Gasteiger partial charge in [-0.3, -0.25) is 4.79 Å². The van der Waals surface area contributed by atoms with E-state index in [9.17, 15) is 0 Å². The minimum Gasteiger partial charge on any atom is -0.471 e. The van der Waals surface area contributed by atoms with Gasteiger partial charge in [-0.1, -0.05) is 19.3 Å². The fraction of sp³-hybridized carbons (Fsp3) is 0.923. The molecule has 0 radical (unpaired) electrons. The Morgan fingerprint density at radius 3 is 2.41 bits per heavy atom. The summed E-state index contributed by atoms with van der Waals surface area (Å²) >= 11 is 0. The zero-order valence-corrected chi connectivity index (χ0v) is 10.9. The molecule has 100 valence electrons. The lowest BCUT2D eigenvalue weighted by molar-refractivity contribution is -0.126. The number of nitrogens with zero attached hydrogens (tertiary/aromatic N) is 1. The molecule has 17 heavy (non-hydrogen) atoms. The number of hydrogen-bond acceptors (Lipinski definition) is 4. The van der Waals surface area contributed by atoms with Crippen molar-refractivity contribution in [1.82, 2.24) is 4.90 Å². The number of likely N-dealkylation sites (tertiary alicyclic amines) is 1. The highest BCUT2D eigenvalue weighted by atomic mass is 16.5. The van der Waals surface area contributed by atoms with Crippen LogP contribution in [0.15, 0.2) is 0 Å². The first-order valence-electron chi connectivity index (χ1n) is 6.70. The summed E-state index contributed by atoms with van der Waals surface area (Å²) < 4.78 is 3.86. The van der Waals surface area contributed by atoms with Crippen LogP contribution in [-0.4, -0.2) is 44.2 Å². The van der Waals surface area contributed by atoms with Crippen LogP contribution in [0, 0.1) is 5.92 Å². The Balaban J connectivity index is 0.000000317. The second-order valence-electron chi connectivity index (χ2n) is 5.14. The maximum absolute atomic E-state index is 8.95. The van der Waals surface area contributed by atoms with Crippen LogP contribution in [0.25, 0.3) is 0 Å². The molecule has 1 unspecified atom stereocenters. The highest BCUT2D eigenvalue weighted by molar-refractivity contribution is 5.36. The first-order chi connectivity index (χ1) is 8.26. The molecule has 1 heterocycles. The van der Waals surface area contributed by atoms with Crippen molar-refractivity contribution in [2.75, 3.05) is 26.7 Å². The van der Waals surface area contributed by atoms with E-state index in [0.717, 1.165) is 12.5 Å². The van der Waals surface area contributed by atoms with E-state index in [4.69, 9.17) is 10.5 Å². The fourth-order valence-electron chi connectivity index (χ4n) is 2.76. The van der Waals surface area contributed by atoms with Crippen molar-refractivity contribution in [1.29, 1.82) is 0 Å². The highest BCUT2D eigenvalue weighted by Crippen LogP contribution is 2.25. The summed E-state index contributed by atoms with van der Waals surface area (Å²) in [5.41, 5.74) is 5.89. The van der Waals surface area contributed by atoms with Gasteiger partial charge in [0.1, 0.15) is 0 Å². The van der Waals surface area contributed by atoms with Crippen molar-refractivity contribution >= 4 is 6.47 Å². The molecule has 2 N–H and O–H groups in total. The molecule has 0 aromatic heterocycles. The lowest BCUT2D eigenvalue weighted by atomic mass is 9.89.